The number of carbonyl (C=O) groups excluding carboxylic acids is 3. The number of hydrogen-bond donors (Lipinski definition) is 3. The molecule has 1 heterocycles. The van der Waals surface area contributed by atoms with Gasteiger partial charge >= 0.3 is 0 Å². The molecule has 1 aromatic rings. The highest BCUT2D eigenvalue weighted by atomic mass is 35.5. The van der Waals surface area contributed by atoms with Gasteiger partial charge in [-0.05, 0) is 24.1 Å². The van der Waals surface area contributed by atoms with Gasteiger partial charge in [-0.3, -0.25) is 14.4 Å². The van der Waals surface area contributed by atoms with Gasteiger partial charge in [-0.25, -0.2) is 0 Å². The van der Waals surface area contributed by atoms with Crippen molar-refractivity contribution in [3.8, 4) is 0 Å². The molecule has 4 N–H and O–H groups in total. The molecular weight excluding hydrogens is 414 g/mol. The predicted molar refractivity (Wildman–Crippen MR) is 109 cm³/mol. The number of benzene rings is 1. The average Bonchev–Trinajstić information content (AvgIpc) is 2.73. The van der Waals surface area contributed by atoms with E-state index in [1.807, 2.05) is 0 Å². The van der Waals surface area contributed by atoms with Crippen LogP contribution in [0.15, 0.2) is 36.4 Å². The summed E-state index contributed by atoms with van der Waals surface area (Å²) in [4.78, 5) is 39.5. The minimum absolute atomic E-state index is 0.000522. The van der Waals surface area contributed by atoms with Crippen LogP contribution >= 0.6 is 11.6 Å². The van der Waals surface area contributed by atoms with Gasteiger partial charge in [0.1, 0.15) is 11.5 Å². The highest BCUT2D eigenvalue weighted by molar-refractivity contribution is 6.30. The maximum atomic E-state index is 13.3. The van der Waals surface area contributed by atoms with Crippen LogP contribution in [-0.4, -0.2) is 74.0 Å². The lowest BCUT2D eigenvalue weighted by molar-refractivity contribution is -0.152. The summed E-state index contributed by atoms with van der Waals surface area (Å²) in [6.07, 6.45) is 2.16. The molecule has 0 fully saturated rings. The minimum atomic E-state index is -1.68. The lowest BCUT2D eigenvalue weighted by Crippen LogP contribution is -2.60. The molecule has 1 aliphatic rings. The second kappa shape index (κ2) is 10.5. The van der Waals surface area contributed by atoms with Crippen LogP contribution in [0, 0.1) is 5.41 Å². The van der Waals surface area contributed by atoms with Gasteiger partial charge in [0.2, 0.25) is 17.7 Å². The number of ether oxygens (including phenoxy) is 2. The molecule has 1 aliphatic heterocycles. The van der Waals surface area contributed by atoms with E-state index in [2.05, 4.69) is 5.32 Å². The highest BCUT2D eigenvalue weighted by Gasteiger charge is 2.49. The number of nitrogens with one attached hydrogen (secondary N) is 1. The number of amides is 3. The van der Waals surface area contributed by atoms with Crippen LogP contribution in [0.2, 0.25) is 5.02 Å². The summed E-state index contributed by atoms with van der Waals surface area (Å²) in [6, 6.07) is 5.66. The lowest BCUT2D eigenvalue weighted by Gasteiger charge is -2.40. The second-order valence-corrected chi connectivity index (χ2v) is 7.25. The number of primary amides is 1. The topological polar surface area (TPSA) is 131 Å². The standard InChI is InChI=1S/C20H26ClN3O6/c1-29-16(30-2)12-23-17(26)15-7-8-20(18(22)27,19(28)24(15)9-10-25)11-13-3-5-14(21)6-4-13/h3-8,15-16,25H,9-12H2,1-2H3,(H2,22,27)(H,23,26). The van der Waals surface area contributed by atoms with E-state index in [-0.39, 0.29) is 19.5 Å². The maximum absolute atomic E-state index is 13.3. The van der Waals surface area contributed by atoms with E-state index in [0.29, 0.717) is 10.6 Å². The third kappa shape index (κ3) is 5.17. The normalized spacial score (nSPS) is 21.2. The zero-order valence-electron chi connectivity index (χ0n) is 16.8. The van der Waals surface area contributed by atoms with E-state index in [0.717, 1.165) is 4.90 Å². The van der Waals surface area contributed by atoms with E-state index < -0.39 is 42.1 Å². The lowest BCUT2D eigenvalue weighted by atomic mass is 9.76. The van der Waals surface area contributed by atoms with E-state index >= 15 is 0 Å². The summed E-state index contributed by atoms with van der Waals surface area (Å²) in [5.41, 5.74) is 4.62. The molecule has 1 aromatic carbocycles. The Bertz CT molecular complexity index is 796. The fourth-order valence-electron chi connectivity index (χ4n) is 3.28. The first kappa shape index (κ1) is 23.8. The number of aliphatic hydroxyl groups excluding tert-OH is 1. The molecule has 0 radical (unpaired) electrons. The van der Waals surface area contributed by atoms with Crippen LogP contribution in [0.5, 0.6) is 0 Å². The molecule has 164 valence electrons. The number of nitrogens with two attached hydrogens (primary N) is 1. The summed E-state index contributed by atoms with van der Waals surface area (Å²) < 4.78 is 10.1. The van der Waals surface area contributed by atoms with E-state index in [1.165, 1.54) is 26.4 Å². The van der Waals surface area contributed by atoms with Crippen molar-refractivity contribution >= 4 is 29.3 Å². The summed E-state index contributed by atoms with van der Waals surface area (Å²) in [7, 11) is 2.86. The molecule has 0 aromatic heterocycles. The van der Waals surface area contributed by atoms with Crippen molar-refractivity contribution in [2.75, 3.05) is 33.9 Å². The Balaban J connectivity index is 2.32. The van der Waals surface area contributed by atoms with Gasteiger partial charge in [0.25, 0.3) is 0 Å². The zero-order valence-corrected chi connectivity index (χ0v) is 17.6. The summed E-state index contributed by atoms with van der Waals surface area (Å²) in [5, 5.41) is 12.6. The van der Waals surface area contributed by atoms with Gasteiger partial charge < -0.3 is 30.5 Å². The van der Waals surface area contributed by atoms with E-state index in [9.17, 15) is 19.5 Å². The van der Waals surface area contributed by atoms with Crippen LogP contribution in [0.3, 0.4) is 0 Å². The van der Waals surface area contributed by atoms with Crippen molar-refractivity contribution in [1.29, 1.82) is 0 Å². The predicted octanol–water partition coefficient (Wildman–Crippen LogP) is -0.151. The Morgan fingerprint density at radius 3 is 2.47 bits per heavy atom. The molecule has 0 aliphatic carbocycles. The number of aliphatic hydroxyl groups is 1. The molecule has 9 nitrogen and oxygen atoms in total. The molecular formula is C20H26ClN3O6. The van der Waals surface area contributed by atoms with Gasteiger partial charge in [0.15, 0.2) is 6.29 Å². The van der Waals surface area contributed by atoms with Crippen LogP contribution in [0.1, 0.15) is 5.56 Å². The van der Waals surface area contributed by atoms with Crippen molar-refractivity contribution < 1.29 is 29.0 Å². The number of methoxy groups -OCH3 is 2. The molecule has 2 rings (SSSR count). The Morgan fingerprint density at radius 2 is 1.93 bits per heavy atom. The first-order chi connectivity index (χ1) is 14.3. The summed E-state index contributed by atoms with van der Waals surface area (Å²) in [5.74, 6) is -2.01. The smallest absolute Gasteiger partial charge is 0.247 e. The molecule has 0 spiro atoms. The van der Waals surface area contributed by atoms with Crippen molar-refractivity contribution in [2.45, 2.75) is 18.8 Å². The Kier molecular flexibility index (Phi) is 8.36. The summed E-state index contributed by atoms with van der Waals surface area (Å²) in [6.45, 7) is -0.476. The third-order valence-electron chi connectivity index (χ3n) is 4.96. The van der Waals surface area contributed by atoms with Gasteiger partial charge in [-0.2, -0.15) is 0 Å². The maximum Gasteiger partial charge on any atom is 0.247 e. The number of carbonyl (C=O) groups is 3. The summed E-state index contributed by atoms with van der Waals surface area (Å²) >= 11 is 5.90. The molecule has 0 bridgehead atoms. The quantitative estimate of drug-likeness (QED) is 0.264. The Morgan fingerprint density at radius 1 is 1.30 bits per heavy atom. The molecule has 0 saturated carbocycles. The number of halogens is 1. The molecule has 0 saturated heterocycles. The Hall–Kier alpha value is -2.46. The highest BCUT2D eigenvalue weighted by Crippen LogP contribution is 2.33. The third-order valence-corrected chi connectivity index (χ3v) is 5.21. The number of hydrogen-bond acceptors (Lipinski definition) is 6. The van der Waals surface area contributed by atoms with Gasteiger partial charge in [-0.1, -0.05) is 35.9 Å². The number of nitrogens with zero attached hydrogens (tertiary/aromatic N) is 1. The van der Waals surface area contributed by atoms with Crippen LogP contribution in [0.25, 0.3) is 0 Å². The average molecular weight is 440 g/mol. The molecule has 10 heteroatoms. The van der Waals surface area contributed by atoms with Crippen LogP contribution in [-0.2, 0) is 30.3 Å². The van der Waals surface area contributed by atoms with E-state index in [1.54, 1.807) is 24.3 Å². The molecule has 30 heavy (non-hydrogen) atoms. The van der Waals surface area contributed by atoms with Crippen molar-refractivity contribution in [3.63, 3.8) is 0 Å². The molecule has 2 atom stereocenters. The van der Waals surface area contributed by atoms with Crippen LogP contribution in [0.4, 0.5) is 0 Å². The first-order valence-corrected chi connectivity index (χ1v) is 9.65. The largest absolute Gasteiger partial charge is 0.395 e. The van der Waals surface area contributed by atoms with Crippen molar-refractivity contribution in [1.82, 2.24) is 10.2 Å². The van der Waals surface area contributed by atoms with Crippen molar-refractivity contribution in [3.05, 3.63) is 47.0 Å². The van der Waals surface area contributed by atoms with Gasteiger partial charge in [0.05, 0.1) is 13.2 Å². The number of rotatable bonds is 10. The fourth-order valence-corrected chi connectivity index (χ4v) is 3.40. The zero-order chi connectivity index (χ0) is 22.3. The SMILES string of the molecule is COC(CNC(=O)C1C=CC(Cc2ccc(Cl)cc2)(C(N)=O)C(=O)N1CCO)OC. The Labute approximate surface area is 179 Å². The van der Waals surface area contributed by atoms with E-state index in [4.69, 9.17) is 26.8 Å². The fraction of sp³-hybridized carbons (Fsp3) is 0.450. The monoisotopic (exact) mass is 439 g/mol. The van der Waals surface area contributed by atoms with Gasteiger partial charge in [0, 0.05) is 25.8 Å². The molecule has 3 amide bonds. The van der Waals surface area contributed by atoms with Crippen molar-refractivity contribution in [2.24, 2.45) is 11.1 Å². The molecule has 2 unspecified atom stereocenters. The van der Waals surface area contributed by atoms with Crippen LogP contribution < -0.4 is 11.1 Å². The minimum Gasteiger partial charge on any atom is -0.395 e. The second-order valence-electron chi connectivity index (χ2n) is 6.81. The van der Waals surface area contributed by atoms with Gasteiger partial charge in [-0.15, -0.1) is 0 Å². The number of β-amino-alcohol motifs (C(OH)–C–C–N with tert-alkyl or cyclic N) is 1. The first-order valence-electron chi connectivity index (χ1n) is 9.28.